The molecule has 29 heavy (non-hydrogen) atoms. The highest BCUT2D eigenvalue weighted by molar-refractivity contribution is 6.31. The zero-order valence-electron chi connectivity index (χ0n) is 15.6. The highest BCUT2D eigenvalue weighted by Gasteiger charge is 2.32. The SMILES string of the molecule is Oc1ccc(Cl)cc1C1=NN(c2ccccc2)[C@H](c2ccc3c(c2)OCCO3)C1. The first kappa shape index (κ1) is 17.9. The molecule has 5 nitrogen and oxygen atoms in total. The minimum absolute atomic E-state index is 0.0402. The molecular weight excluding hydrogens is 388 g/mol. The van der Waals surface area contributed by atoms with E-state index in [1.807, 2.05) is 53.5 Å². The van der Waals surface area contributed by atoms with Gasteiger partial charge in [-0.1, -0.05) is 35.9 Å². The van der Waals surface area contributed by atoms with Crippen LogP contribution in [0, 0.1) is 0 Å². The maximum Gasteiger partial charge on any atom is 0.161 e. The largest absolute Gasteiger partial charge is 0.507 e. The Hall–Kier alpha value is -3.18. The standard InChI is InChI=1S/C23H19ClN2O3/c24-16-7-8-21(27)18(13-16)19-14-20(26(25-19)17-4-2-1-3-5-17)15-6-9-22-23(12-15)29-11-10-28-22/h1-9,12-13,20,27H,10-11,14H2/t20-/m0/s1. The number of ether oxygens (including phenoxy) is 2. The molecule has 0 saturated heterocycles. The average molecular weight is 407 g/mol. The molecule has 0 spiro atoms. The fourth-order valence-electron chi connectivity index (χ4n) is 3.76. The molecule has 6 heteroatoms. The Balaban J connectivity index is 1.57. The van der Waals surface area contributed by atoms with Crippen LogP contribution in [-0.4, -0.2) is 24.0 Å². The summed E-state index contributed by atoms with van der Waals surface area (Å²) < 4.78 is 11.4. The van der Waals surface area contributed by atoms with Gasteiger partial charge < -0.3 is 14.6 Å². The van der Waals surface area contributed by atoms with E-state index in [0.717, 1.165) is 28.5 Å². The van der Waals surface area contributed by atoms with Crippen LogP contribution in [-0.2, 0) is 0 Å². The molecule has 3 aromatic rings. The highest BCUT2D eigenvalue weighted by Crippen LogP contribution is 2.41. The minimum Gasteiger partial charge on any atom is -0.507 e. The van der Waals surface area contributed by atoms with Crippen molar-refractivity contribution in [1.29, 1.82) is 0 Å². The summed E-state index contributed by atoms with van der Waals surface area (Å²) in [5, 5.41) is 17.8. The van der Waals surface area contributed by atoms with Crippen molar-refractivity contribution in [1.82, 2.24) is 0 Å². The number of rotatable bonds is 3. The highest BCUT2D eigenvalue weighted by atomic mass is 35.5. The van der Waals surface area contributed by atoms with E-state index in [1.54, 1.807) is 18.2 Å². The van der Waals surface area contributed by atoms with E-state index >= 15 is 0 Å². The number of hydrogen-bond acceptors (Lipinski definition) is 5. The predicted molar refractivity (Wildman–Crippen MR) is 113 cm³/mol. The zero-order valence-corrected chi connectivity index (χ0v) is 16.3. The first-order valence-electron chi connectivity index (χ1n) is 9.49. The lowest BCUT2D eigenvalue weighted by Crippen LogP contribution is -2.20. The van der Waals surface area contributed by atoms with Crippen molar-refractivity contribution in [2.24, 2.45) is 5.10 Å². The second kappa shape index (κ2) is 7.33. The summed E-state index contributed by atoms with van der Waals surface area (Å²) in [4.78, 5) is 0. The summed E-state index contributed by atoms with van der Waals surface area (Å²) in [7, 11) is 0. The molecule has 2 aliphatic rings. The second-order valence-electron chi connectivity index (χ2n) is 7.01. The molecule has 1 N–H and O–H groups in total. The molecular formula is C23H19ClN2O3. The van der Waals surface area contributed by atoms with E-state index in [2.05, 4.69) is 0 Å². The topological polar surface area (TPSA) is 54.3 Å². The fraction of sp³-hybridized carbons (Fsp3) is 0.174. The molecule has 0 radical (unpaired) electrons. The van der Waals surface area contributed by atoms with E-state index in [-0.39, 0.29) is 11.8 Å². The van der Waals surface area contributed by atoms with Gasteiger partial charge in [0.25, 0.3) is 0 Å². The lowest BCUT2D eigenvalue weighted by molar-refractivity contribution is 0.171. The van der Waals surface area contributed by atoms with Gasteiger partial charge in [0.15, 0.2) is 11.5 Å². The summed E-state index contributed by atoms with van der Waals surface area (Å²) in [6.07, 6.45) is 0.627. The Kier molecular flexibility index (Phi) is 4.52. The summed E-state index contributed by atoms with van der Waals surface area (Å²) >= 11 is 6.17. The van der Waals surface area contributed by atoms with E-state index < -0.39 is 0 Å². The molecule has 0 aliphatic carbocycles. The number of benzene rings is 3. The summed E-state index contributed by atoms with van der Waals surface area (Å²) in [5.74, 6) is 1.68. The van der Waals surface area contributed by atoms with Crippen LogP contribution in [0.2, 0.25) is 5.02 Å². The van der Waals surface area contributed by atoms with Gasteiger partial charge in [0.05, 0.1) is 17.4 Å². The van der Waals surface area contributed by atoms with Crippen molar-refractivity contribution in [2.45, 2.75) is 12.5 Å². The van der Waals surface area contributed by atoms with Crippen molar-refractivity contribution < 1.29 is 14.6 Å². The van der Waals surface area contributed by atoms with Crippen molar-refractivity contribution in [3.8, 4) is 17.2 Å². The van der Waals surface area contributed by atoms with Crippen molar-refractivity contribution >= 4 is 23.0 Å². The Morgan fingerprint density at radius 3 is 2.55 bits per heavy atom. The molecule has 0 aromatic heterocycles. The third-order valence-corrected chi connectivity index (χ3v) is 5.39. The summed E-state index contributed by atoms with van der Waals surface area (Å²) in [6, 6.07) is 21.0. The van der Waals surface area contributed by atoms with Gasteiger partial charge in [0.2, 0.25) is 0 Å². The average Bonchev–Trinajstić information content (AvgIpc) is 3.21. The quantitative estimate of drug-likeness (QED) is 0.651. The Bertz CT molecular complexity index is 1080. The number of anilines is 1. The van der Waals surface area contributed by atoms with E-state index in [9.17, 15) is 5.11 Å². The molecule has 3 aromatic carbocycles. The van der Waals surface area contributed by atoms with Gasteiger partial charge in [0, 0.05) is 17.0 Å². The maximum atomic E-state index is 10.4. The third-order valence-electron chi connectivity index (χ3n) is 5.15. The summed E-state index contributed by atoms with van der Waals surface area (Å²) in [6.45, 7) is 1.11. The normalized spacial score (nSPS) is 17.9. The molecule has 0 amide bonds. The molecule has 0 fully saturated rings. The van der Waals surface area contributed by atoms with Crippen LogP contribution in [0.15, 0.2) is 71.8 Å². The summed E-state index contributed by atoms with van der Waals surface area (Å²) in [5.41, 5.74) is 3.48. The number of phenols is 1. The van der Waals surface area contributed by atoms with Gasteiger partial charge >= 0.3 is 0 Å². The predicted octanol–water partition coefficient (Wildman–Crippen LogP) is 5.17. The van der Waals surface area contributed by atoms with Crippen LogP contribution in [0.1, 0.15) is 23.6 Å². The molecule has 5 rings (SSSR count). The number of aromatic hydroxyl groups is 1. The van der Waals surface area contributed by atoms with Crippen LogP contribution < -0.4 is 14.5 Å². The van der Waals surface area contributed by atoms with Crippen LogP contribution in [0.25, 0.3) is 0 Å². The van der Waals surface area contributed by atoms with Gasteiger partial charge in [-0.05, 0) is 48.0 Å². The molecule has 2 heterocycles. The van der Waals surface area contributed by atoms with Crippen LogP contribution in [0.4, 0.5) is 5.69 Å². The smallest absolute Gasteiger partial charge is 0.161 e. The minimum atomic E-state index is -0.0402. The number of halogens is 1. The molecule has 1 atom stereocenters. The zero-order chi connectivity index (χ0) is 19.8. The third kappa shape index (κ3) is 3.38. The molecule has 2 aliphatic heterocycles. The monoisotopic (exact) mass is 406 g/mol. The lowest BCUT2D eigenvalue weighted by Gasteiger charge is -2.25. The number of fused-ring (bicyclic) bond motifs is 1. The van der Waals surface area contributed by atoms with Crippen molar-refractivity contribution in [3.05, 3.63) is 82.9 Å². The van der Waals surface area contributed by atoms with Crippen LogP contribution >= 0.6 is 11.6 Å². The van der Waals surface area contributed by atoms with Gasteiger partial charge in [-0.15, -0.1) is 0 Å². The van der Waals surface area contributed by atoms with Crippen molar-refractivity contribution in [3.63, 3.8) is 0 Å². The molecule has 0 bridgehead atoms. The maximum absolute atomic E-state index is 10.4. The number of para-hydroxylation sites is 1. The number of hydrazone groups is 1. The first-order valence-corrected chi connectivity index (χ1v) is 9.87. The van der Waals surface area contributed by atoms with Crippen LogP contribution in [0.3, 0.4) is 0 Å². The van der Waals surface area contributed by atoms with Gasteiger partial charge in [-0.2, -0.15) is 5.10 Å². The lowest BCUT2D eigenvalue weighted by atomic mass is 9.97. The molecule has 0 unspecified atom stereocenters. The van der Waals surface area contributed by atoms with Gasteiger partial charge in [-0.25, -0.2) is 0 Å². The number of nitrogens with zero attached hydrogens (tertiary/aromatic N) is 2. The molecule has 146 valence electrons. The molecule has 0 saturated carbocycles. The number of phenolic OH excluding ortho intramolecular Hbond substituents is 1. The van der Waals surface area contributed by atoms with Gasteiger partial charge in [0.1, 0.15) is 19.0 Å². The first-order chi connectivity index (χ1) is 14.2. The van der Waals surface area contributed by atoms with Gasteiger partial charge in [-0.3, -0.25) is 5.01 Å². The van der Waals surface area contributed by atoms with Crippen LogP contribution in [0.5, 0.6) is 17.2 Å². The second-order valence-corrected chi connectivity index (χ2v) is 7.45. The Labute approximate surface area is 173 Å². The fourth-order valence-corrected chi connectivity index (χ4v) is 3.93. The van der Waals surface area contributed by atoms with Crippen molar-refractivity contribution in [2.75, 3.05) is 18.2 Å². The van der Waals surface area contributed by atoms with E-state index in [4.69, 9.17) is 26.2 Å². The van der Waals surface area contributed by atoms with E-state index in [0.29, 0.717) is 30.2 Å². The Morgan fingerprint density at radius 2 is 1.72 bits per heavy atom. The Morgan fingerprint density at radius 1 is 0.931 bits per heavy atom. The number of hydrogen-bond donors (Lipinski definition) is 1. The van der Waals surface area contributed by atoms with E-state index in [1.165, 1.54) is 0 Å².